The quantitative estimate of drug-likeness (QED) is 0.775. The minimum absolute atomic E-state index is 0.429. The van der Waals surface area contributed by atoms with Gasteiger partial charge in [-0.15, -0.1) is 11.6 Å². The SMILES string of the molecule is CC1CCC(N(C)c2cnc(CCl)cn2)CC1. The molecule has 0 bridgehead atoms. The van der Waals surface area contributed by atoms with Crippen molar-refractivity contribution in [1.82, 2.24) is 9.97 Å². The van der Waals surface area contributed by atoms with Gasteiger partial charge < -0.3 is 4.90 Å². The van der Waals surface area contributed by atoms with E-state index in [2.05, 4.69) is 28.8 Å². The lowest BCUT2D eigenvalue weighted by Crippen LogP contribution is -2.35. The van der Waals surface area contributed by atoms with Crippen LogP contribution in [0.15, 0.2) is 12.4 Å². The first-order valence-corrected chi connectivity index (χ1v) is 6.84. The highest BCUT2D eigenvalue weighted by molar-refractivity contribution is 6.16. The van der Waals surface area contributed by atoms with E-state index in [9.17, 15) is 0 Å². The van der Waals surface area contributed by atoms with E-state index in [1.807, 2.05) is 6.20 Å². The molecule has 17 heavy (non-hydrogen) atoms. The maximum absolute atomic E-state index is 5.71. The summed E-state index contributed by atoms with van der Waals surface area (Å²) in [4.78, 5) is 11.0. The van der Waals surface area contributed by atoms with E-state index in [1.54, 1.807) is 6.20 Å². The highest BCUT2D eigenvalue weighted by atomic mass is 35.5. The van der Waals surface area contributed by atoms with Crippen LogP contribution >= 0.6 is 11.6 Å². The first-order valence-electron chi connectivity index (χ1n) is 6.30. The molecule has 3 nitrogen and oxygen atoms in total. The molecule has 0 radical (unpaired) electrons. The summed E-state index contributed by atoms with van der Waals surface area (Å²) in [5.74, 6) is 2.26. The average Bonchev–Trinajstić information content (AvgIpc) is 2.39. The smallest absolute Gasteiger partial charge is 0.147 e. The van der Waals surface area contributed by atoms with Crippen LogP contribution in [-0.2, 0) is 5.88 Å². The summed E-state index contributed by atoms with van der Waals surface area (Å²) in [7, 11) is 2.12. The number of hydrogen-bond donors (Lipinski definition) is 0. The van der Waals surface area contributed by atoms with Gasteiger partial charge in [-0.25, -0.2) is 4.98 Å². The monoisotopic (exact) mass is 253 g/mol. The normalized spacial score (nSPS) is 24.6. The van der Waals surface area contributed by atoms with Crippen molar-refractivity contribution < 1.29 is 0 Å². The largest absolute Gasteiger partial charge is 0.355 e. The Balaban J connectivity index is 2.00. The minimum atomic E-state index is 0.429. The van der Waals surface area contributed by atoms with Gasteiger partial charge >= 0.3 is 0 Å². The first-order chi connectivity index (χ1) is 8.20. The summed E-state index contributed by atoms with van der Waals surface area (Å²) >= 11 is 5.71. The van der Waals surface area contributed by atoms with E-state index in [-0.39, 0.29) is 0 Å². The highest BCUT2D eigenvalue weighted by Crippen LogP contribution is 2.28. The zero-order chi connectivity index (χ0) is 12.3. The summed E-state index contributed by atoms with van der Waals surface area (Å²) in [5.41, 5.74) is 0.834. The van der Waals surface area contributed by atoms with Crippen LogP contribution in [0.2, 0.25) is 0 Å². The Labute approximate surface area is 108 Å². The Hall–Kier alpha value is -0.830. The molecule has 1 saturated carbocycles. The van der Waals surface area contributed by atoms with Crippen LogP contribution in [0.1, 0.15) is 38.3 Å². The predicted molar refractivity (Wildman–Crippen MR) is 71.4 cm³/mol. The molecule has 1 aliphatic carbocycles. The van der Waals surface area contributed by atoms with Gasteiger partial charge in [0.15, 0.2) is 0 Å². The van der Waals surface area contributed by atoms with Crippen LogP contribution in [0.3, 0.4) is 0 Å². The van der Waals surface area contributed by atoms with Gasteiger partial charge in [-0.3, -0.25) is 4.98 Å². The summed E-state index contributed by atoms with van der Waals surface area (Å²) in [6.07, 6.45) is 8.76. The van der Waals surface area contributed by atoms with Gasteiger partial charge in [0.2, 0.25) is 0 Å². The van der Waals surface area contributed by atoms with Crippen LogP contribution in [0.25, 0.3) is 0 Å². The van der Waals surface area contributed by atoms with Crippen molar-refractivity contribution in [3.05, 3.63) is 18.1 Å². The molecule has 0 saturated heterocycles. The van der Waals surface area contributed by atoms with E-state index in [0.717, 1.165) is 17.4 Å². The van der Waals surface area contributed by atoms with Crippen LogP contribution in [0.4, 0.5) is 5.82 Å². The molecule has 0 atom stereocenters. The van der Waals surface area contributed by atoms with Crippen LogP contribution in [-0.4, -0.2) is 23.1 Å². The fourth-order valence-corrected chi connectivity index (χ4v) is 2.55. The molecule has 0 N–H and O–H groups in total. The van der Waals surface area contributed by atoms with Crippen LogP contribution in [0.5, 0.6) is 0 Å². The van der Waals surface area contributed by atoms with Crippen molar-refractivity contribution in [1.29, 1.82) is 0 Å². The van der Waals surface area contributed by atoms with E-state index >= 15 is 0 Å². The third-order valence-electron chi connectivity index (χ3n) is 3.72. The topological polar surface area (TPSA) is 29.0 Å². The molecule has 1 fully saturated rings. The molecular formula is C13H20ClN3. The van der Waals surface area contributed by atoms with Crippen molar-refractivity contribution in [2.45, 2.75) is 44.5 Å². The Morgan fingerprint density at radius 1 is 1.24 bits per heavy atom. The molecule has 1 aromatic heterocycles. The van der Waals surface area contributed by atoms with E-state index in [0.29, 0.717) is 11.9 Å². The molecule has 0 unspecified atom stereocenters. The van der Waals surface area contributed by atoms with Gasteiger partial charge in [-0.1, -0.05) is 6.92 Å². The number of nitrogens with zero attached hydrogens (tertiary/aromatic N) is 3. The maximum Gasteiger partial charge on any atom is 0.147 e. The molecule has 1 aliphatic rings. The molecule has 0 spiro atoms. The Morgan fingerprint density at radius 3 is 2.47 bits per heavy atom. The lowest BCUT2D eigenvalue weighted by molar-refractivity contribution is 0.340. The fourth-order valence-electron chi connectivity index (χ4n) is 2.42. The van der Waals surface area contributed by atoms with Crippen molar-refractivity contribution in [2.24, 2.45) is 5.92 Å². The standard InChI is InChI=1S/C13H20ClN3/c1-10-3-5-12(6-4-10)17(2)13-9-15-11(7-14)8-16-13/h8-10,12H,3-7H2,1-2H3. The van der Waals surface area contributed by atoms with E-state index < -0.39 is 0 Å². The Bertz CT molecular complexity index is 344. The zero-order valence-electron chi connectivity index (χ0n) is 10.6. The number of anilines is 1. The lowest BCUT2D eigenvalue weighted by atomic mass is 9.87. The molecule has 94 valence electrons. The molecule has 1 aromatic rings. The number of alkyl halides is 1. The van der Waals surface area contributed by atoms with Gasteiger partial charge in [0, 0.05) is 13.1 Å². The summed E-state index contributed by atoms with van der Waals surface area (Å²) in [6.45, 7) is 2.34. The number of aromatic nitrogens is 2. The molecule has 1 heterocycles. The Kier molecular flexibility index (Phi) is 4.21. The lowest BCUT2D eigenvalue weighted by Gasteiger charge is -2.34. The molecule has 0 aromatic carbocycles. The van der Waals surface area contributed by atoms with Gasteiger partial charge in [0.25, 0.3) is 0 Å². The fraction of sp³-hybridized carbons (Fsp3) is 0.692. The van der Waals surface area contributed by atoms with Crippen LogP contribution < -0.4 is 4.90 Å². The predicted octanol–water partition coefficient (Wildman–Crippen LogP) is 3.23. The van der Waals surface area contributed by atoms with Gasteiger partial charge in [0.1, 0.15) is 5.82 Å². The van der Waals surface area contributed by atoms with Crippen molar-refractivity contribution in [3.8, 4) is 0 Å². The van der Waals surface area contributed by atoms with Crippen molar-refractivity contribution in [2.75, 3.05) is 11.9 Å². The zero-order valence-corrected chi connectivity index (χ0v) is 11.3. The molecule has 0 amide bonds. The molecule has 0 aliphatic heterocycles. The first kappa shape index (κ1) is 12.6. The second-order valence-electron chi connectivity index (χ2n) is 5.02. The second kappa shape index (κ2) is 5.67. The Morgan fingerprint density at radius 2 is 1.94 bits per heavy atom. The minimum Gasteiger partial charge on any atom is -0.355 e. The number of rotatable bonds is 3. The molecular weight excluding hydrogens is 234 g/mol. The van der Waals surface area contributed by atoms with Gasteiger partial charge in [-0.05, 0) is 31.6 Å². The van der Waals surface area contributed by atoms with E-state index in [1.165, 1.54) is 25.7 Å². The molecule has 2 rings (SSSR count). The van der Waals surface area contributed by atoms with Crippen LogP contribution in [0, 0.1) is 5.92 Å². The average molecular weight is 254 g/mol. The number of hydrogen-bond acceptors (Lipinski definition) is 3. The summed E-state index contributed by atoms with van der Waals surface area (Å²) < 4.78 is 0. The van der Waals surface area contributed by atoms with Gasteiger partial charge in [0.05, 0.1) is 24.0 Å². The van der Waals surface area contributed by atoms with Crippen molar-refractivity contribution in [3.63, 3.8) is 0 Å². The second-order valence-corrected chi connectivity index (χ2v) is 5.29. The maximum atomic E-state index is 5.71. The third-order valence-corrected chi connectivity index (χ3v) is 4.00. The van der Waals surface area contributed by atoms with E-state index in [4.69, 9.17) is 11.6 Å². The van der Waals surface area contributed by atoms with Gasteiger partial charge in [-0.2, -0.15) is 0 Å². The summed E-state index contributed by atoms with van der Waals surface area (Å²) in [6, 6.07) is 0.613. The summed E-state index contributed by atoms with van der Waals surface area (Å²) in [5, 5.41) is 0. The number of halogens is 1. The van der Waals surface area contributed by atoms with Crippen molar-refractivity contribution >= 4 is 17.4 Å². The highest BCUT2D eigenvalue weighted by Gasteiger charge is 2.22. The third kappa shape index (κ3) is 3.09. The molecule has 4 heteroatoms.